The molecule has 2 amide bonds. The molecule has 0 aromatic carbocycles. The molecule has 2 rings (SSSR count). The zero-order chi connectivity index (χ0) is 16.7. The molecule has 0 aliphatic heterocycles. The van der Waals surface area contributed by atoms with Crippen molar-refractivity contribution in [3.05, 3.63) is 27.4 Å². The first-order valence-corrected chi connectivity index (χ1v) is 9.20. The summed E-state index contributed by atoms with van der Waals surface area (Å²) in [5.74, 6) is -0.343. The topological polar surface area (TPSA) is 84.0 Å². The molecule has 6 nitrogen and oxygen atoms in total. The van der Waals surface area contributed by atoms with E-state index in [2.05, 4.69) is 27.8 Å². The number of thiophene rings is 1. The van der Waals surface area contributed by atoms with Crippen LogP contribution in [-0.4, -0.2) is 22.0 Å². The Bertz CT molecular complexity index is 640. The molecule has 0 unspecified atom stereocenters. The normalized spacial score (nSPS) is 11.9. The number of carbonyl (C=O) groups excluding carboxylic acids is 2. The lowest BCUT2D eigenvalue weighted by atomic mass is 10.1. The van der Waals surface area contributed by atoms with Crippen molar-refractivity contribution in [1.29, 1.82) is 0 Å². The van der Waals surface area contributed by atoms with E-state index < -0.39 is 0 Å². The van der Waals surface area contributed by atoms with Crippen LogP contribution in [0.5, 0.6) is 0 Å². The van der Waals surface area contributed by atoms with Crippen LogP contribution in [0.3, 0.4) is 0 Å². The van der Waals surface area contributed by atoms with E-state index >= 15 is 0 Å². The van der Waals surface area contributed by atoms with E-state index in [9.17, 15) is 9.59 Å². The Morgan fingerprint density at radius 2 is 2.17 bits per heavy atom. The molecule has 8 heteroatoms. The Balaban J connectivity index is 1.93. The van der Waals surface area contributed by atoms with Crippen LogP contribution in [0.2, 0.25) is 0 Å². The van der Waals surface area contributed by atoms with Crippen LogP contribution < -0.4 is 10.6 Å². The summed E-state index contributed by atoms with van der Waals surface area (Å²) in [6.45, 7) is 3.57. The van der Waals surface area contributed by atoms with Crippen LogP contribution in [-0.2, 0) is 16.0 Å². The zero-order valence-corrected chi connectivity index (χ0v) is 14.8. The molecule has 0 aliphatic carbocycles. The van der Waals surface area contributed by atoms with Crippen LogP contribution in [0.1, 0.15) is 49.0 Å². The standard InChI is InChI=1S/C15H20N4O2S2/c1-3-4-7-14-18-19-15(23-14)17-13(21)9-11(16-10(2)20)12-6-5-8-22-12/h5-6,8,11H,3-4,7,9H2,1-2H3,(H,16,20)(H,17,19,21)/t11-/m1/s1. The van der Waals surface area contributed by atoms with Crippen molar-refractivity contribution < 1.29 is 9.59 Å². The minimum atomic E-state index is -0.319. The van der Waals surface area contributed by atoms with E-state index in [0.717, 1.165) is 29.1 Å². The van der Waals surface area contributed by atoms with Crippen molar-refractivity contribution in [3.63, 3.8) is 0 Å². The van der Waals surface area contributed by atoms with Gasteiger partial charge in [-0.2, -0.15) is 0 Å². The minimum absolute atomic E-state index is 0.158. The van der Waals surface area contributed by atoms with Crippen molar-refractivity contribution >= 4 is 39.6 Å². The molecule has 2 heterocycles. The number of nitrogens with one attached hydrogen (secondary N) is 2. The van der Waals surface area contributed by atoms with Crippen molar-refractivity contribution in [3.8, 4) is 0 Å². The number of aryl methyl sites for hydroxylation is 1. The van der Waals surface area contributed by atoms with Gasteiger partial charge in [0.2, 0.25) is 16.9 Å². The number of nitrogens with zero attached hydrogens (tertiary/aromatic N) is 2. The van der Waals surface area contributed by atoms with Crippen LogP contribution in [0, 0.1) is 0 Å². The SMILES string of the molecule is CCCCc1nnc(NC(=O)C[C@@H](NC(C)=O)c2cccs2)s1. The molecule has 124 valence electrons. The third-order valence-corrected chi connectivity index (χ3v) is 5.00. The predicted molar refractivity (Wildman–Crippen MR) is 92.6 cm³/mol. The third kappa shape index (κ3) is 5.72. The fourth-order valence-corrected chi connectivity index (χ4v) is 3.62. The maximum Gasteiger partial charge on any atom is 0.228 e. The minimum Gasteiger partial charge on any atom is -0.348 e. The fourth-order valence-electron chi connectivity index (χ4n) is 2.05. The van der Waals surface area contributed by atoms with Crippen molar-refractivity contribution in [2.45, 2.75) is 45.6 Å². The number of hydrogen-bond donors (Lipinski definition) is 2. The first-order valence-electron chi connectivity index (χ1n) is 7.51. The molecule has 0 radical (unpaired) electrons. The summed E-state index contributed by atoms with van der Waals surface area (Å²) < 4.78 is 0. The maximum atomic E-state index is 12.2. The highest BCUT2D eigenvalue weighted by molar-refractivity contribution is 7.15. The van der Waals surface area contributed by atoms with Crippen LogP contribution in [0.25, 0.3) is 0 Å². The van der Waals surface area contributed by atoms with Gasteiger partial charge in [0.25, 0.3) is 0 Å². The highest BCUT2D eigenvalue weighted by Gasteiger charge is 2.19. The van der Waals surface area contributed by atoms with E-state index in [4.69, 9.17) is 0 Å². The summed E-state index contributed by atoms with van der Waals surface area (Å²) in [6.07, 6.45) is 3.21. The average molecular weight is 352 g/mol. The monoisotopic (exact) mass is 352 g/mol. The molecule has 1 atom stereocenters. The number of aromatic nitrogens is 2. The van der Waals surface area contributed by atoms with Gasteiger partial charge in [-0.1, -0.05) is 30.7 Å². The van der Waals surface area contributed by atoms with Gasteiger partial charge in [-0.15, -0.1) is 21.5 Å². The van der Waals surface area contributed by atoms with Gasteiger partial charge in [-0.25, -0.2) is 0 Å². The first kappa shape index (κ1) is 17.6. The van der Waals surface area contributed by atoms with E-state index in [1.807, 2.05) is 17.5 Å². The van der Waals surface area contributed by atoms with Crippen molar-refractivity contribution in [1.82, 2.24) is 15.5 Å². The summed E-state index contributed by atoms with van der Waals surface area (Å²) in [6, 6.07) is 3.49. The Kier molecular flexibility index (Phi) is 6.66. The first-order chi connectivity index (χ1) is 11.1. The Labute approximate surface area is 143 Å². The molecular weight excluding hydrogens is 332 g/mol. The number of hydrogen-bond acceptors (Lipinski definition) is 6. The Morgan fingerprint density at radius 3 is 2.83 bits per heavy atom. The smallest absolute Gasteiger partial charge is 0.228 e. The molecular formula is C15H20N4O2S2. The Hall–Kier alpha value is -1.80. The summed E-state index contributed by atoms with van der Waals surface area (Å²) in [5.41, 5.74) is 0. The summed E-state index contributed by atoms with van der Waals surface area (Å²) in [5, 5.41) is 17.0. The number of carbonyl (C=O) groups is 2. The highest BCUT2D eigenvalue weighted by Crippen LogP contribution is 2.23. The molecule has 0 saturated heterocycles. The van der Waals surface area contributed by atoms with Gasteiger partial charge in [0.05, 0.1) is 12.5 Å². The van der Waals surface area contributed by atoms with E-state index in [1.165, 1.54) is 29.6 Å². The second kappa shape index (κ2) is 8.73. The summed E-state index contributed by atoms with van der Waals surface area (Å²) in [4.78, 5) is 24.5. The van der Waals surface area contributed by atoms with Crippen molar-refractivity contribution in [2.24, 2.45) is 0 Å². The van der Waals surface area contributed by atoms with E-state index in [0.29, 0.717) is 5.13 Å². The number of anilines is 1. The highest BCUT2D eigenvalue weighted by atomic mass is 32.1. The number of unbranched alkanes of at least 4 members (excludes halogenated alkanes) is 1. The second-order valence-corrected chi connectivity index (χ2v) is 7.17. The predicted octanol–water partition coefficient (Wildman–Crippen LogP) is 3.15. The Morgan fingerprint density at radius 1 is 1.35 bits per heavy atom. The van der Waals surface area contributed by atoms with Crippen LogP contribution >= 0.6 is 22.7 Å². The zero-order valence-electron chi connectivity index (χ0n) is 13.2. The number of amides is 2. The molecule has 2 aromatic heterocycles. The quantitative estimate of drug-likeness (QED) is 0.764. The van der Waals surface area contributed by atoms with Gasteiger partial charge >= 0.3 is 0 Å². The average Bonchev–Trinajstić information content (AvgIpc) is 3.15. The van der Waals surface area contributed by atoms with Crippen LogP contribution in [0.4, 0.5) is 5.13 Å². The lowest BCUT2D eigenvalue weighted by Gasteiger charge is -2.15. The van der Waals surface area contributed by atoms with Gasteiger partial charge in [-0.05, 0) is 17.9 Å². The molecule has 0 saturated carbocycles. The fraction of sp³-hybridized carbons (Fsp3) is 0.467. The van der Waals surface area contributed by atoms with E-state index in [1.54, 1.807) is 0 Å². The third-order valence-electron chi connectivity index (χ3n) is 3.11. The molecule has 0 spiro atoms. The van der Waals surface area contributed by atoms with Crippen molar-refractivity contribution in [2.75, 3.05) is 5.32 Å². The van der Waals surface area contributed by atoms with Crippen LogP contribution in [0.15, 0.2) is 17.5 Å². The largest absolute Gasteiger partial charge is 0.348 e. The molecule has 23 heavy (non-hydrogen) atoms. The van der Waals surface area contributed by atoms with E-state index in [-0.39, 0.29) is 24.3 Å². The molecule has 2 N–H and O–H groups in total. The van der Waals surface area contributed by atoms with Gasteiger partial charge in [0.15, 0.2) is 0 Å². The second-order valence-electron chi connectivity index (χ2n) is 5.13. The van der Waals surface area contributed by atoms with Gasteiger partial charge in [0.1, 0.15) is 5.01 Å². The maximum absolute atomic E-state index is 12.2. The summed E-state index contributed by atoms with van der Waals surface area (Å²) >= 11 is 2.92. The van der Waals surface area contributed by atoms with Gasteiger partial charge in [0, 0.05) is 18.2 Å². The molecule has 0 bridgehead atoms. The molecule has 0 aliphatic rings. The lowest BCUT2D eigenvalue weighted by Crippen LogP contribution is -2.29. The van der Waals surface area contributed by atoms with Gasteiger partial charge in [-0.3, -0.25) is 9.59 Å². The van der Waals surface area contributed by atoms with Gasteiger partial charge < -0.3 is 10.6 Å². The summed E-state index contributed by atoms with van der Waals surface area (Å²) in [7, 11) is 0. The molecule has 2 aromatic rings. The molecule has 0 fully saturated rings. The lowest BCUT2D eigenvalue weighted by molar-refractivity contribution is -0.120. The number of rotatable bonds is 8.